The van der Waals surface area contributed by atoms with Crippen molar-refractivity contribution in [1.29, 1.82) is 0 Å². The number of hydrogen-bond donors (Lipinski definition) is 3. The molecule has 2 aromatic rings. The molecule has 0 atom stereocenters. The van der Waals surface area contributed by atoms with Crippen molar-refractivity contribution in [3.63, 3.8) is 0 Å². The van der Waals surface area contributed by atoms with E-state index in [0.29, 0.717) is 17.3 Å². The van der Waals surface area contributed by atoms with Crippen LogP contribution < -0.4 is 16.6 Å². The van der Waals surface area contributed by atoms with Gasteiger partial charge in [0.2, 0.25) is 0 Å². The highest BCUT2D eigenvalue weighted by atomic mass is 16.1. The Morgan fingerprint density at radius 3 is 2.89 bits per heavy atom. The number of amides is 1. The number of carbonyl (C=O) groups excluding carboxylic acids is 1. The van der Waals surface area contributed by atoms with Gasteiger partial charge in [-0.1, -0.05) is 18.2 Å². The van der Waals surface area contributed by atoms with Gasteiger partial charge in [-0.05, 0) is 30.9 Å². The third-order valence-corrected chi connectivity index (χ3v) is 3.36. The number of nitrogen functional groups attached to an aromatic ring is 1. The molecule has 1 aromatic carbocycles. The topological polar surface area (TPSA) is 80.0 Å². The Morgan fingerprint density at radius 2 is 2.16 bits per heavy atom. The van der Waals surface area contributed by atoms with Crippen molar-refractivity contribution in [2.45, 2.75) is 12.8 Å². The molecule has 5 heteroatoms. The third kappa shape index (κ3) is 2.51. The van der Waals surface area contributed by atoms with Gasteiger partial charge in [-0.15, -0.1) is 0 Å². The molecule has 1 aliphatic carbocycles. The Hall–Kier alpha value is -2.14. The Labute approximate surface area is 111 Å². The van der Waals surface area contributed by atoms with E-state index in [1.807, 2.05) is 24.3 Å². The fourth-order valence-corrected chi connectivity index (χ4v) is 2.09. The van der Waals surface area contributed by atoms with Crippen LogP contribution in [0.3, 0.4) is 0 Å². The van der Waals surface area contributed by atoms with E-state index >= 15 is 0 Å². The van der Waals surface area contributed by atoms with Gasteiger partial charge in [0, 0.05) is 11.9 Å². The molecule has 5 nitrogen and oxygen atoms in total. The van der Waals surface area contributed by atoms with Gasteiger partial charge in [0.1, 0.15) is 5.82 Å². The van der Waals surface area contributed by atoms with Crippen LogP contribution in [-0.4, -0.2) is 17.4 Å². The highest BCUT2D eigenvalue weighted by Crippen LogP contribution is 2.28. The minimum atomic E-state index is -0.0676. The van der Waals surface area contributed by atoms with Crippen molar-refractivity contribution in [2.75, 3.05) is 12.0 Å². The minimum absolute atomic E-state index is 0.0676. The maximum atomic E-state index is 12.3. The number of hydrogen-bond acceptors (Lipinski definition) is 4. The Balaban J connectivity index is 1.96. The zero-order chi connectivity index (χ0) is 13.2. The smallest absolute Gasteiger partial charge is 0.252 e. The first-order valence-electron chi connectivity index (χ1n) is 6.42. The molecule has 1 aromatic heterocycles. The minimum Gasteiger partial charge on any atom is -0.352 e. The molecule has 19 heavy (non-hydrogen) atoms. The Bertz CT molecular complexity index is 622. The summed E-state index contributed by atoms with van der Waals surface area (Å²) in [5.74, 6) is 6.48. The number of benzene rings is 1. The number of nitrogens with two attached hydrogens (primary N) is 1. The summed E-state index contributed by atoms with van der Waals surface area (Å²) in [7, 11) is 0. The third-order valence-electron chi connectivity index (χ3n) is 3.36. The molecule has 1 amide bonds. The van der Waals surface area contributed by atoms with E-state index in [1.165, 1.54) is 12.8 Å². The first kappa shape index (κ1) is 11.9. The predicted molar refractivity (Wildman–Crippen MR) is 74.6 cm³/mol. The lowest BCUT2D eigenvalue weighted by atomic mass is 10.1. The van der Waals surface area contributed by atoms with Crippen molar-refractivity contribution >= 4 is 22.6 Å². The second kappa shape index (κ2) is 4.85. The number of rotatable bonds is 4. The number of hydrazine groups is 1. The largest absolute Gasteiger partial charge is 0.352 e. The van der Waals surface area contributed by atoms with Gasteiger partial charge < -0.3 is 10.7 Å². The molecule has 0 unspecified atom stereocenters. The lowest BCUT2D eigenvalue weighted by molar-refractivity contribution is 0.0953. The average molecular weight is 256 g/mol. The van der Waals surface area contributed by atoms with Crippen LogP contribution >= 0.6 is 0 Å². The van der Waals surface area contributed by atoms with E-state index in [4.69, 9.17) is 5.84 Å². The molecule has 1 aliphatic rings. The molecular formula is C14H16N4O. The molecule has 98 valence electrons. The predicted octanol–water partition coefficient (Wildman–Crippen LogP) is 1.66. The first-order chi connectivity index (χ1) is 9.28. The normalized spacial score (nSPS) is 14.4. The standard InChI is InChI=1S/C14H16N4O/c15-18-13-7-11(14(19)16-8-9-5-6-9)10-3-1-2-4-12(10)17-13/h1-4,7,9H,5-6,8,15H2,(H,16,19)(H,17,18). The van der Waals surface area contributed by atoms with E-state index in [9.17, 15) is 4.79 Å². The van der Waals surface area contributed by atoms with E-state index in [1.54, 1.807) is 6.07 Å². The second-order valence-electron chi connectivity index (χ2n) is 4.87. The molecule has 0 aliphatic heterocycles. The van der Waals surface area contributed by atoms with Crippen molar-refractivity contribution in [3.8, 4) is 0 Å². The summed E-state index contributed by atoms with van der Waals surface area (Å²) in [6, 6.07) is 9.24. The maximum absolute atomic E-state index is 12.3. The lowest BCUT2D eigenvalue weighted by Gasteiger charge is -2.09. The van der Waals surface area contributed by atoms with Crippen molar-refractivity contribution in [3.05, 3.63) is 35.9 Å². The quantitative estimate of drug-likeness (QED) is 0.574. The SMILES string of the molecule is NNc1cc(C(=O)NCC2CC2)c2ccccc2n1. The maximum Gasteiger partial charge on any atom is 0.252 e. The number of anilines is 1. The summed E-state index contributed by atoms with van der Waals surface area (Å²) >= 11 is 0. The van der Waals surface area contributed by atoms with Crippen LogP contribution in [0.2, 0.25) is 0 Å². The zero-order valence-corrected chi connectivity index (χ0v) is 10.5. The molecule has 0 spiro atoms. The molecule has 0 radical (unpaired) electrons. The van der Waals surface area contributed by atoms with Crippen molar-refractivity contribution in [2.24, 2.45) is 11.8 Å². The first-order valence-corrected chi connectivity index (χ1v) is 6.42. The number of aromatic nitrogens is 1. The van der Waals surface area contributed by atoms with Crippen LogP contribution in [0, 0.1) is 5.92 Å². The number of para-hydroxylation sites is 1. The summed E-state index contributed by atoms with van der Waals surface area (Å²) in [6.45, 7) is 0.751. The number of nitrogens with zero attached hydrogens (tertiary/aromatic N) is 1. The average Bonchev–Trinajstić information content (AvgIpc) is 3.27. The zero-order valence-electron chi connectivity index (χ0n) is 10.5. The van der Waals surface area contributed by atoms with Gasteiger partial charge >= 0.3 is 0 Å². The summed E-state index contributed by atoms with van der Waals surface area (Å²) in [5.41, 5.74) is 3.87. The summed E-state index contributed by atoms with van der Waals surface area (Å²) in [4.78, 5) is 16.6. The molecule has 0 saturated heterocycles. The molecule has 1 fully saturated rings. The molecule has 1 heterocycles. The van der Waals surface area contributed by atoms with Crippen LogP contribution in [0.4, 0.5) is 5.82 Å². The molecule has 1 saturated carbocycles. The van der Waals surface area contributed by atoms with Crippen LogP contribution in [0.1, 0.15) is 23.2 Å². The van der Waals surface area contributed by atoms with E-state index in [0.717, 1.165) is 17.4 Å². The fourth-order valence-electron chi connectivity index (χ4n) is 2.09. The molecule has 0 bridgehead atoms. The molecule has 3 rings (SSSR count). The van der Waals surface area contributed by atoms with Crippen LogP contribution in [0.25, 0.3) is 10.9 Å². The highest BCUT2D eigenvalue weighted by Gasteiger charge is 2.22. The van der Waals surface area contributed by atoms with E-state index < -0.39 is 0 Å². The van der Waals surface area contributed by atoms with Crippen molar-refractivity contribution in [1.82, 2.24) is 10.3 Å². The highest BCUT2D eigenvalue weighted by molar-refractivity contribution is 6.06. The van der Waals surface area contributed by atoms with Gasteiger partial charge in [0.25, 0.3) is 5.91 Å². The summed E-state index contributed by atoms with van der Waals surface area (Å²) < 4.78 is 0. The molecule has 4 N–H and O–H groups in total. The van der Waals surface area contributed by atoms with Gasteiger partial charge in [0.15, 0.2) is 0 Å². The fraction of sp³-hybridized carbons (Fsp3) is 0.286. The second-order valence-corrected chi connectivity index (χ2v) is 4.87. The van der Waals surface area contributed by atoms with Crippen LogP contribution in [0.5, 0.6) is 0 Å². The lowest BCUT2D eigenvalue weighted by Crippen LogP contribution is -2.26. The number of nitrogens with one attached hydrogen (secondary N) is 2. The van der Waals surface area contributed by atoms with Crippen LogP contribution in [-0.2, 0) is 0 Å². The van der Waals surface area contributed by atoms with Gasteiger partial charge in [-0.25, -0.2) is 10.8 Å². The van der Waals surface area contributed by atoms with E-state index in [2.05, 4.69) is 15.7 Å². The number of pyridine rings is 1. The summed E-state index contributed by atoms with van der Waals surface area (Å²) in [5, 5.41) is 3.81. The van der Waals surface area contributed by atoms with Gasteiger partial charge in [-0.2, -0.15) is 0 Å². The molecular weight excluding hydrogens is 240 g/mol. The van der Waals surface area contributed by atoms with Gasteiger partial charge in [0.05, 0.1) is 11.1 Å². The van der Waals surface area contributed by atoms with Crippen LogP contribution in [0.15, 0.2) is 30.3 Å². The number of carbonyl (C=O) groups is 1. The Kier molecular flexibility index (Phi) is 3.05. The Morgan fingerprint density at radius 1 is 1.37 bits per heavy atom. The number of fused-ring (bicyclic) bond motifs is 1. The summed E-state index contributed by atoms with van der Waals surface area (Å²) in [6.07, 6.45) is 2.43. The van der Waals surface area contributed by atoms with E-state index in [-0.39, 0.29) is 5.91 Å². The van der Waals surface area contributed by atoms with Crippen molar-refractivity contribution < 1.29 is 4.79 Å². The monoisotopic (exact) mass is 256 g/mol. The van der Waals surface area contributed by atoms with Gasteiger partial charge in [-0.3, -0.25) is 4.79 Å².